The summed E-state index contributed by atoms with van der Waals surface area (Å²) < 4.78 is 5.15. The number of benzene rings is 2. The largest absolute Gasteiger partial charge is 0.497 e. The molecule has 0 aliphatic carbocycles. The zero-order valence-corrected chi connectivity index (χ0v) is 15.5. The highest BCUT2D eigenvalue weighted by atomic mass is 16.5. The van der Waals surface area contributed by atoms with Crippen LogP contribution in [0.15, 0.2) is 53.5 Å². The van der Waals surface area contributed by atoms with Gasteiger partial charge in [0, 0.05) is 25.3 Å². The summed E-state index contributed by atoms with van der Waals surface area (Å²) in [6.07, 6.45) is 0.224. The molecule has 140 valence electrons. The molecular weight excluding hydrogens is 344 g/mol. The van der Waals surface area contributed by atoms with Gasteiger partial charge in [0.2, 0.25) is 11.9 Å². The van der Waals surface area contributed by atoms with E-state index in [2.05, 4.69) is 15.6 Å². The minimum absolute atomic E-state index is 0.160. The lowest BCUT2D eigenvalue weighted by molar-refractivity contribution is -0.120. The van der Waals surface area contributed by atoms with Crippen LogP contribution in [0.3, 0.4) is 0 Å². The standard InChI is InChI=1S/C20H22N4O3/c1-24(2)15-6-4-5-14(11-15)19(26)23-20-21-17(12-18(25)22-20)13-7-9-16(27-3)10-8-13/h4-11,17H,12H2,1-3H3,(H2,21,22,23,25,26)/t17-/m1/s1. The number of guanidine groups is 1. The third-order valence-corrected chi connectivity index (χ3v) is 4.28. The highest BCUT2D eigenvalue weighted by Crippen LogP contribution is 2.25. The van der Waals surface area contributed by atoms with Crippen molar-refractivity contribution in [2.45, 2.75) is 12.5 Å². The number of carbonyl (C=O) groups excluding carboxylic acids is 2. The molecule has 1 heterocycles. The van der Waals surface area contributed by atoms with Crippen molar-refractivity contribution < 1.29 is 14.3 Å². The number of carbonyl (C=O) groups is 2. The molecule has 27 heavy (non-hydrogen) atoms. The highest BCUT2D eigenvalue weighted by Gasteiger charge is 2.24. The van der Waals surface area contributed by atoms with E-state index in [4.69, 9.17) is 4.74 Å². The molecule has 0 saturated heterocycles. The maximum absolute atomic E-state index is 12.5. The minimum atomic E-state index is -0.354. The number of ether oxygens (including phenoxy) is 1. The van der Waals surface area contributed by atoms with Gasteiger partial charge in [-0.05, 0) is 35.9 Å². The summed E-state index contributed by atoms with van der Waals surface area (Å²) in [5, 5.41) is 5.31. The number of nitrogens with one attached hydrogen (secondary N) is 2. The van der Waals surface area contributed by atoms with Gasteiger partial charge in [-0.2, -0.15) is 0 Å². The molecule has 0 radical (unpaired) electrons. The summed E-state index contributed by atoms with van der Waals surface area (Å²) in [6.45, 7) is 0. The first kappa shape index (κ1) is 18.4. The van der Waals surface area contributed by atoms with Crippen LogP contribution in [0.4, 0.5) is 5.69 Å². The Morgan fingerprint density at radius 3 is 2.63 bits per heavy atom. The second kappa shape index (κ2) is 7.90. The van der Waals surface area contributed by atoms with E-state index < -0.39 is 0 Å². The normalized spacial score (nSPS) is 16.2. The van der Waals surface area contributed by atoms with Gasteiger partial charge in [-0.15, -0.1) is 0 Å². The second-order valence-corrected chi connectivity index (χ2v) is 6.42. The Morgan fingerprint density at radius 2 is 1.96 bits per heavy atom. The first-order valence-corrected chi connectivity index (χ1v) is 8.56. The Morgan fingerprint density at radius 1 is 1.22 bits per heavy atom. The van der Waals surface area contributed by atoms with Gasteiger partial charge in [0.05, 0.1) is 19.6 Å². The number of methoxy groups -OCH3 is 1. The van der Waals surface area contributed by atoms with Crippen molar-refractivity contribution in [3.8, 4) is 5.75 Å². The van der Waals surface area contributed by atoms with Crippen molar-refractivity contribution in [1.82, 2.24) is 10.6 Å². The number of hydrogen-bond acceptors (Lipinski definition) is 5. The molecule has 2 N–H and O–H groups in total. The second-order valence-electron chi connectivity index (χ2n) is 6.42. The molecule has 0 bridgehead atoms. The van der Waals surface area contributed by atoms with E-state index >= 15 is 0 Å². The molecule has 1 aliphatic rings. The Balaban J connectivity index is 1.78. The fourth-order valence-electron chi connectivity index (χ4n) is 2.78. The molecule has 0 fully saturated rings. The van der Waals surface area contributed by atoms with Gasteiger partial charge in [0.25, 0.3) is 5.91 Å². The molecule has 3 rings (SSSR count). The van der Waals surface area contributed by atoms with Crippen LogP contribution in [-0.2, 0) is 4.79 Å². The monoisotopic (exact) mass is 366 g/mol. The zero-order chi connectivity index (χ0) is 19.4. The number of amides is 2. The Labute approximate surface area is 158 Å². The Hall–Kier alpha value is -3.35. The van der Waals surface area contributed by atoms with Crippen molar-refractivity contribution in [3.63, 3.8) is 0 Å². The predicted molar refractivity (Wildman–Crippen MR) is 104 cm³/mol. The summed E-state index contributed by atoms with van der Waals surface area (Å²) in [5.74, 6) is 0.376. The van der Waals surface area contributed by atoms with Crippen molar-refractivity contribution in [1.29, 1.82) is 0 Å². The molecule has 2 aromatic rings. The molecule has 1 atom stereocenters. The fourth-order valence-corrected chi connectivity index (χ4v) is 2.78. The lowest BCUT2D eigenvalue weighted by Gasteiger charge is -2.21. The van der Waals surface area contributed by atoms with Crippen LogP contribution in [-0.4, -0.2) is 39.0 Å². The average molecular weight is 366 g/mol. The van der Waals surface area contributed by atoms with Crippen molar-refractivity contribution in [2.75, 3.05) is 26.1 Å². The summed E-state index contributed by atoms with van der Waals surface area (Å²) in [6, 6.07) is 14.2. The van der Waals surface area contributed by atoms with Gasteiger partial charge in [0.15, 0.2) is 0 Å². The maximum Gasteiger partial charge on any atom is 0.258 e. The molecule has 0 saturated carbocycles. The first-order chi connectivity index (χ1) is 13.0. The zero-order valence-electron chi connectivity index (χ0n) is 15.5. The number of rotatable bonds is 4. The number of nitrogens with zero attached hydrogens (tertiary/aromatic N) is 2. The van der Waals surface area contributed by atoms with E-state index in [1.54, 1.807) is 19.2 Å². The fraction of sp³-hybridized carbons (Fsp3) is 0.250. The Kier molecular flexibility index (Phi) is 5.40. The predicted octanol–water partition coefficient (Wildman–Crippen LogP) is 2.11. The van der Waals surface area contributed by atoms with Crippen molar-refractivity contribution >= 4 is 23.5 Å². The highest BCUT2D eigenvalue weighted by molar-refractivity contribution is 6.10. The third-order valence-electron chi connectivity index (χ3n) is 4.28. The average Bonchev–Trinajstić information content (AvgIpc) is 2.67. The van der Waals surface area contributed by atoms with Gasteiger partial charge in [0.1, 0.15) is 5.75 Å². The van der Waals surface area contributed by atoms with Gasteiger partial charge in [-0.1, -0.05) is 18.2 Å². The number of aliphatic imine (C=N–C) groups is 1. The first-order valence-electron chi connectivity index (χ1n) is 8.56. The quantitative estimate of drug-likeness (QED) is 0.868. The molecule has 7 nitrogen and oxygen atoms in total. The van der Waals surface area contributed by atoms with Gasteiger partial charge in [-0.3, -0.25) is 20.2 Å². The molecule has 0 spiro atoms. The van der Waals surface area contributed by atoms with Crippen LogP contribution >= 0.6 is 0 Å². The lowest BCUT2D eigenvalue weighted by Crippen LogP contribution is -2.47. The number of anilines is 1. The SMILES string of the molecule is COc1ccc([C@H]2CC(=O)NC(NC(=O)c3cccc(N(C)C)c3)=N2)cc1. The van der Waals surface area contributed by atoms with Crippen LogP contribution in [0.2, 0.25) is 0 Å². The summed E-state index contributed by atoms with van der Waals surface area (Å²) in [4.78, 5) is 31.0. The van der Waals surface area contributed by atoms with Gasteiger partial charge >= 0.3 is 0 Å². The molecule has 1 aliphatic heterocycles. The van der Waals surface area contributed by atoms with E-state index in [9.17, 15) is 9.59 Å². The Bertz CT molecular complexity index is 875. The van der Waals surface area contributed by atoms with E-state index in [0.29, 0.717) is 5.56 Å². The van der Waals surface area contributed by atoms with Crippen LogP contribution in [0.1, 0.15) is 28.4 Å². The van der Waals surface area contributed by atoms with Crippen LogP contribution in [0.25, 0.3) is 0 Å². The van der Waals surface area contributed by atoms with Crippen molar-refractivity contribution in [2.24, 2.45) is 4.99 Å². The number of hydrogen-bond donors (Lipinski definition) is 2. The molecule has 7 heteroatoms. The molecule has 2 aromatic carbocycles. The molecule has 2 amide bonds. The van der Waals surface area contributed by atoms with E-state index in [0.717, 1.165) is 17.0 Å². The van der Waals surface area contributed by atoms with Crippen LogP contribution in [0, 0.1) is 0 Å². The summed E-state index contributed by atoms with van der Waals surface area (Å²) in [7, 11) is 5.41. The molecular formula is C20H22N4O3. The molecule has 0 aromatic heterocycles. The van der Waals surface area contributed by atoms with Gasteiger partial charge < -0.3 is 9.64 Å². The van der Waals surface area contributed by atoms with Crippen LogP contribution < -0.4 is 20.3 Å². The van der Waals surface area contributed by atoms with Crippen LogP contribution in [0.5, 0.6) is 5.75 Å². The van der Waals surface area contributed by atoms with E-state index in [1.807, 2.05) is 55.4 Å². The smallest absolute Gasteiger partial charge is 0.258 e. The minimum Gasteiger partial charge on any atom is -0.497 e. The van der Waals surface area contributed by atoms with E-state index in [1.165, 1.54) is 0 Å². The molecule has 0 unspecified atom stereocenters. The van der Waals surface area contributed by atoms with Crippen molar-refractivity contribution in [3.05, 3.63) is 59.7 Å². The topological polar surface area (TPSA) is 83.0 Å². The summed E-state index contributed by atoms with van der Waals surface area (Å²) >= 11 is 0. The van der Waals surface area contributed by atoms with E-state index in [-0.39, 0.29) is 30.2 Å². The lowest BCUT2D eigenvalue weighted by atomic mass is 10.0. The third kappa shape index (κ3) is 4.44. The maximum atomic E-state index is 12.5. The summed E-state index contributed by atoms with van der Waals surface area (Å²) in [5.41, 5.74) is 2.28. The van der Waals surface area contributed by atoms with Gasteiger partial charge in [-0.25, -0.2) is 4.99 Å².